The number of hydrogen-bond acceptors (Lipinski definition) is 2. The molecule has 0 rings (SSSR count). The van der Waals surface area contributed by atoms with Crippen LogP contribution in [0.4, 0.5) is 4.48 Å². The number of nitrogens with two attached hydrogens (primary N) is 1. The first-order valence-corrected chi connectivity index (χ1v) is 0.874. The normalized spacial score (nSPS) is 9.00. The van der Waals surface area contributed by atoms with Gasteiger partial charge in [-0.15, -0.1) is 4.48 Å². The molecule has 26 valence electrons. The molecule has 0 spiro atoms. The van der Waals surface area contributed by atoms with Crippen molar-refractivity contribution in [2.75, 3.05) is 7.05 Å². The van der Waals surface area contributed by atoms with Crippen LogP contribution in [0.3, 0.4) is 0 Å². The topological polar surface area (TPSA) is 29.3 Å². The molecular weight excluding hydrogens is 59.0 g/mol. The van der Waals surface area contributed by atoms with Crippen LogP contribution in [0.2, 0.25) is 0 Å². The summed E-state index contributed by atoms with van der Waals surface area (Å²) >= 11 is 0. The number of nitrogens with zero attached hydrogens (tertiary/aromatic N) is 1. The van der Waals surface area contributed by atoms with E-state index in [1.807, 2.05) is 0 Å². The predicted molar refractivity (Wildman–Crippen MR) is 13.1 cm³/mol. The lowest BCUT2D eigenvalue weighted by molar-refractivity contribution is 0.0606. The summed E-state index contributed by atoms with van der Waals surface area (Å²) in [5, 5.41) is 0. The monoisotopic (exact) mass is 64.0 g/mol. The van der Waals surface area contributed by atoms with Crippen LogP contribution in [-0.2, 0) is 0 Å². The second kappa shape index (κ2) is 1.20. The van der Waals surface area contributed by atoms with Gasteiger partial charge >= 0.3 is 0 Å². The fourth-order valence-corrected chi connectivity index (χ4v) is 0. The average molecular weight is 64.1 g/mol. The fraction of sp³-hybridized carbons (Fsp3) is 1.00. The highest BCUT2D eigenvalue weighted by atomic mass is 19.2. The molecule has 0 atom stereocenters. The van der Waals surface area contributed by atoms with Crippen LogP contribution >= 0.6 is 0 Å². The van der Waals surface area contributed by atoms with Gasteiger partial charge in [-0.05, 0) is 0 Å². The molecule has 0 aromatic rings. The molecule has 3 heteroatoms. The number of rotatable bonds is 0. The van der Waals surface area contributed by atoms with E-state index in [-0.39, 0.29) is 5.23 Å². The van der Waals surface area contributed by atoms with Gasteiger partial charge in [0.2, 0.25) is 0 Å². The molecule has 0 fully saturated rings. The Kier molecular flexibility index (Phi) is 1.16. The summed E-state index contributed by atoms with van der Waals surface area (Å²) in [7, 11) is 1.11. The number of hydrazine groups is 1. The van der Waals surface area contributed by atoms with E-state index < -0.39 is 0 Å². The Hall–Kier alpha value is -0.150. The maximum absolute atomic E-state index is 10.6. The molecule has 0 heterocycles. The lowest BCUT2D eigenvalue weighted by Crippen LogP contribution is -2.13. The van der Waals surface area contributed by atoms with Gasteiger partial charge in [0, 0.05) is 7.05 Å². The Morgan fingerprint density at radius 3 is 2.00 bits per heavy atom. The molecular formula is CH5FN2. The van der Waals surface area contributed by atoms with E-state index in [1.54, 1.807) is 0 Å². The van der Waals surface area contributed by atoms with Crippen molar-refractivity contribution in [3.63, 3.8) is 0 Å². The Morgan fingerprint density at radius 2 is 2.00 bits per heavy atom. The molecule has 0 aromatic heterocycles. The molecule has 0 saturated heterocycles. The summed E-state index contributed by atoms with van der Waals surface area (Å²) in [6.45, 7) is 0. The highest BCUT2D eigenvalue weighted by molar-refractivity contribution is 3.81. The summed E-state index contributed by atoms with van der Waals surface area (Å²) < 4.78 is 10.6. The highest BCUT2D eigenvalue weighted by Crippen LogP contribution is 1.54. The SMILES string of the molecule is CN(N)F. The van der Waals surface area contributed by atoms with E-state index in [1.165, 1.54) is 0 Å². The van der Waals surface area contributed by atoms with Gasteiger partial charge in [0.1, 0.15) is 0 Å². The van der Waals surface area contributed by atoms with E-state index in [0.29, 0.717) is 0 Å². The van der Waals surface area contributed by atoms with Gasteiger partial charge in [0.05, 0.1) is 0 Å². The summed E-state index contributed by atoms with van der Waals surface area (Å²) in [5.74, 6) is 4.28. The molecule has 0 aliphatic carbocycles. The van der Waals surface area contributed by atoms with Crippen molar-refractivity contribution >= 4 is 0 Å². The van der Waals surface area contributed by atoms with Crippen LogP contribution in [0.15, 0.2) is 0 Å². The molecule has 0 saturated carbocycles. The lowest BCUT2D eigenvalue weighted by atomic mass is 11.5. The maximum Gasteiger partial charge on any atom is 0.0337 e. The Morgan fingerprint density at radius 1 is 2.00 bits per heavy atom. The Balaban J connectivity index is 2.32. The van der Waals surface area contributed by atoms with Crippen LogP contribution < -0.4 is 5.84 Å². The third-order valence-electron chi connectivity index (χ3n) is 0. The minimum Gasteiger partial charge on any atom is -0.241 e. The average Bonchev–Trinajstić information content (AvgIpc) is 0.811. The van der Waals surface area contributed by atoms with E-state index in [0.717, 1.165) is 7.05 Å². The molecule has 0 aliphatic heterocycles. The van der Waals surface area contributed by atoms with Crippen molar-refractivity contribution in [3.8, 4) is 0 Å². The largest absolute Gasteiger partial charge is 0.241 e. The molecule has 0 amide bonds. The third-order valence-corrected chi connectivity index (χ3v) is 0. The third kappa shape index (κ3) is 59.4. The molecule has 0 unspecified atom stereocenters. The van der Waals surface area contributed by atoms with Gasteiger partial charge in [-0.2, -0.15) is 0 Å². The van der Waals surface area contributed by atoms with Crippen LogP contribution in [0, 0.1) is 0 Å². The minimum atomic E-state index is 0. The lowest BCUT2D eigenvalue weighted by Gasteiger charge is -1.83. The van der Waals surface area contributed by atoms with Crippen LogP contribution in [0.25, 0.3) is 0 Å². The first-order chi connectivity index (χ1) is 1.73. The van der Waals surface area contributed by atoms with Gasteiger partial charge in [-0.25, -0.2) is 5.84 Å². The first kappa shape index (κ1) is 3.85. The predicted octanol–water partition coefficient (Wildman–Crippen LogP) is -0.324. The summed E-state index contributed by atoms with van der Waals surface area (Å²) in [6, 6.07) is 0. The van der Waals surface area contributed by atoms with Crippen molar-refractivity contribution in [2.24, 2.45) is 5.84 Å². The first-order valence-electron chi connectivity index (χ1n) is 0.874. The molecule has 2 nitrogen and oxygen atoms in total. The molecule has 4 heavy (non-hydrogen) atoms. The second-order valence-corrected chi connectivity index (χ2v) is 0.525. The van der Waals surface area contributed by atoms with Crippen molar-refractivity contribution in [1.82, 2.24) is 5.23 Å². The van der Waals surface area contributed by atoms with Gasteiger partial charge in [-0.3, -0.25) is 0 Å². The van der Waals surface area contributed by atoms with Crippen LogP contribution in [0.5, 0.6) is 0 Å². The standard InChI is InChI=1S/CH5FN2/c1-4(2)3/h3H2,1H3. The van der Waals surface area contributed by atoms with Crippen molar-refractivity contribution in [3.05, 3.63) is 0 Å². The summed E-state index contributed by atoms with van der Waals surface area (Å²) in [6.07, 6.45) is 0. The van der Waals surface area contributed by atoms with Crippen LogP contribution in [-0.4, -0.2) is 12.3 Å². The smallest absolute Gasteiger partial charge is 0.0337 e. The van der Waals surface area contributed by atoms with Crippen molar-refractivity contribution in [2.45, 2.75) is 0 Å². The zero-order valence-corrected chi connectivity index (χ0v) is 2.40. The molecule has 0 aromatic carbocycles. The van der Waals surface area contributed by atoms with E-state index in [2.05, 4.69) is 5.84 Å². The van der Waals surface area contributed by atoms with E-state index in [4.69, 9.17) is 0 Å². The van der Waals surface area contributed by atoms with Crippen molar-refractivity contribution < 1.29 is 4.48 Å². The van der Waals surface area contributed by atoms with Gasteiger partial charge in [-0.1, -0.05) is 5.23 Å². The van der Waals surface area contributed by atoms with Crippen molar-refractivity contribution in [1.29, 1.82) is 0 Å². The van der Waals surface area contributed by atoms with E-state index >= 15 is 0 Å². The Bertz CT molecular complexity index is 10.8. The highest BCUT2D eigenvalue weighted by Gasteiger charge is 1.64. The summed E-state index contributed by atoms with van der Waals surface area (Å²) in [5.41, 5.74) is 0. The fourth-order valence-electron chi connectivity index (χ4n) is 0. The summed E-state index contributed by atoms with van der Waals surface area (Å²) in [4.78, 5) is 0. The second-order valence-electron chi connectivity index (χ2n) is 0.525. The minimum absolute atomic E-state index is 0. The van der Waals surface area contributed by atoms with Gasteiger partial charge < -0.3 is 0 Å². The number of hydrogen-bond donors (Lipinski definition) is 1. The maximum atomic E-state index is 10.6. The molecule has 2 N–H and O–H groups in total. The molecule has 0 aliphatic rings. The van der Waals surface area contributed by atoms with Crippen LogP contribution in [0.1, 0.15) is 0 Å². The molecule has 0 radical (unpaired) electrons. The quantitative estimate of drug-likeness (QED) is 0.237. The van der Waals surface area contributed by atoms with E-state index in [9.17, 15) is 4.48 Å². The van der Waals surface area contributed by atoms with Gasteiger partial charge in [0.25, 0.3) is 0 Å². The number of halogens is 1. The molecule has 0 bridgehead atoms. The Labute approximate surface area is 23.9 Å². The zero-order chi connectivity index (χ0) is 3.58. The van der Waals surface area contributed by atoms with Gasteiger partial charge in [0.15, 0.2) is 0 Å². The zero-order valence-electron chi connectivity index (χ0n) is 2.40.